The van der Waals surface area contributed by atoms with Crippen LogP contribution in [0, 0.1) is 0 Å². The maximum Gasteiger partial charge on any atom is 0.434 e. The first kappa shape index (κ1) is 19.1. The smallest absolute Gasteiger partial charge is 0.434 e. The molecule has 1 unspecified atom stereocenters. The van der Waals surface area contributed by atoms with Crippen molar-refractivity contribution in [1.82, 2.24) is 10.2 Å². The van der Waals surface area contributed by atoms with Gasteiger partial charge in [-0.15, -0.1) is 0 Å². The molecule has 8 heteroatoms. The van der Waals surface area contributed by atoms with Crippen LogP contribution in [0.5, 0.6) is 5.75 Å². The molecule has 0 saturated carbocycles. The third kappa shape index (κ3) is 4.25. The van der Waals surface area contributed by atoms with Gasteiger partial charge in [0.1, 0.15) is 5.75 Å². The molecule has 1 aromatic rings. The molecule has 136 valence electrons. The van der Waals surface area contributed by atoms with Crippen LogP contribution in [-0.2, 0) is 6.42 Å². The molecule has 0 bridgehead atoms. The van der Waals surface area contributed by atoms with Gasteiger partial charge in [-0.05, 0) is 49.3 Å². The van der Waals surface area contributed by atoms with Gasteiger partial charge < -0.3 is 20.7 Å². The summed E-state index contributed by atoms with van der Waals surface area (Å²) in [6.07, 6.45) is 1.01. The number of para-hydroxylation sites is 1. The van der Waals surface area contributed by atoms with Crippen LogP contribution in [0.15, 0.2) is 48.7 Å². The summed E-state index contributed by atoms with van der Waals surface area (Å²) in [5.41, 5.74) is 3.72. The third-order valence-electron chi connectivity index (χ3n) is 3.81. The topological polar surface area (TPSA) is 50.5 Å². The first-order chi connectivity index (χ1) is 11.8. The minimum Gasteiger partial charge on any atom is -0.494 e. The lowest BCUT2D eigenvalue weighted by Gasteiger charge is -2.44. The number of allylic oxidation sites excluding steroid dienone is 2. The zero-order chi connectivity index (χ0) is 18.5. The minimum atomic E-state index is -4.61. The number of ether oxygens (including phenoxy) is 1. The van der Waals surface area contributed by atoms with E-state index in [0.717, 1.165) is 16.5 Å². The van der Waals surface area contributed by atoms with Crippen LogP contribution in [0.4, 0.5) is 13.2 Å². The lowest BCUT2D eigenvalue weighted by molar-refractivity contribution is -0.213. The molecular weight excluding hydrogens is 351 g/mol. The predicted molar refractivity (Wildman–Crippen MR) is 95.0 cm³/mol. The van der Waals surface area contributed by atoms with E-state index < -0.39 is 17.0 Å². The van der Waals surface area contributed by atoms with E-state index in [1.165, 1.54) is 12.3 Å². The third-order valence-corrected chi connectivity index (χ3v) is 3.91. The van der Waals surface area contributed by atoms with Gasteiger partial charge in [0.05, 0.1) is 6.61 Å². The van der Waals surface area contributed by atoms with Crippen molar-refractivity contribution in [2.24, 2.45) is 5.73 Å². The second kappa shape index (κ2) is 7.77. The Kier molecular flexibility index (Phi) is 5.94. The van der Waals surface area contributed by atoms with Crippen molar-refractivity contribution in [2.45, 2.75) is 25.2 Å². The highest BCUT2D eigenvalue weighted by Crippen LogP contribution is 2.37. The maximum absolute atomic E-state index is 13.8. The van der Waals surface area contributed by atoms with E-state index in [9.17, 15) is 13.2 Å². The van der Waals surface area contributed by atoms with E-state index in [4.69, 9.17) is 10.5 Å². The van der Waals surface area contributed by atoms with Gasteiger partial charge >= 0.3 is 6.18 Å². The lowest BCUT2D eigenvalue weighted by atomic mass is 10.0. The molecule has 0 aliphatic carbocycles. The standard InChI is InChI=1S/C17H20F3N3OS/c1-2-24-14-8-4-3-7-13(14)9-12-23-11-6-5-10-16(23,17(18,19)20)22-15(21)25/h3-8,10-11H,2,9,12H2,1H3,(H3,21,22,25). The number of hydrogen-bond donors (Lipinski definition) is 2. The summed E-state index contributed by atoms with van der Waals surface area (Å²) < 4.78 is 46.9. The van der Waals surface area contributed by atoms with Crippen molar-refractivity contribution in [1.29, 1.82) is 0 Å². The summed E-state index contributed by atoms with van der Waals surface area (Å²) in [4.78, 5) is 1.15. The molecule has 2 rings (SSSR count). The highest BCUT2D eigenvalue weighted by atomic mass is 32.1. The van der Waals surface area contributed by atoms with Gasteiger partial charge in [-0.3, -0.25) is 0 Å². The summed E-state index contributed by atoms with van der Waals surface area (Å²) in [6.45, 7) is 2.44. The molecule has 4 nitrogen and oxygen atoms in total. The zero-order valence-electron chi connectivity index (χ0n) is 13.7. The van der Waals surface area contributed by atoms with Gasteiger partial charge in [0.25, 0.3) is 0 Å². The molecule has 3 N–H and O–H groups in total. The van der Waals surface area contributed by atoms with E-state index in [1.54, 1.807) is 12.1 Å². The number of rotatable bonds is 6. The van der Waals surface area contributed by atoms with E-state index in [1.807, 2.05) is 25.1 Å². The second-order valence-corrected chi connectivity index (χ2v) is 5.88. The highest BCUT2D eigenvalue weighted by molar-refractivity contribution is 7.80. The monoisotopic (exact) mass is 371 g/mol. The van der Waals surface area contributed by atoms with E-state index in [-0.39, 0.29) is 6.54 Å². The number of benzene rings is 1. The number of nitrogens with zero attached hydrogens (tertiary/aromatic N) is 1. The average molecular weight is 371 g/mol. The van der Waals surface area contributed by atoms with Gasteiger partial charge in [0.2, 0.25) is 5.66 Å². The number of halogens is 3. The normalized spacial score (nSPS) is 19.8. The quantitative estimate of drug-likeness (QED) is 0.753. The molecule has 0 amide bonds. The molecule has 1 aliphatic rings. The Labute approximate surface area is 150 Å². The number of alkyl halides is 3. The summed E-state index contributed by atoms with van der Waals surface area (Å²) in [6, 6.07) is 7.29. The second-order valence-electron chi connectivity index (χ2n) is 5.44. The Balaban J connectivity index is 2.25. The van der Waals surface area contributed by atoms with Gasteiger partial charge in [-0.1, -0.05) is 24.3 Å². The van der Waals surface area contributed by atoms with E-state index in [2.05, 4.69) is 17.5 Å². The first-order valence-corrected chi connectivity index (χ1v) is 8.19. The summed E-state index contributed by atoms with van der Waals surface area (Å²) in [5.74, 6) is 0.668. The number of nitrogens with one attached hydrogen (secondary N) is 1. The van der Waals surface area contributed by atoms with Crippen LogP contribution < -0.4 is 15.8 Å². The molecule has 0 aromatic heterocycles. The van der Waals surface area contributed by atoms with Crippen molar-refractivity contribution in [2.75, 3.05) is 13.2 Å². The Morgan fingerprint density at radius 1 is 1.32 bits per heavy atom. The van der Waals surface area contributed by atoms with Crippen molar-refractivity contribution >= 4 is 17.3 Å². The molecule has 0 saturated heterocycles. The highest BCUT2D eigenvalue weighted by Gasteiger charge is 2.57. The van der Waals surface area contributed by atoms with Gasteiger partial charge in [-0.2, -0.15) is 13.2 Å². The van der Waals surface area contributed by atoms with E-state index in [0.29, 0.717) is 18.8 Å². The molecule has 0 radical (unpaired) electrons. The van der Waals surface area contributed by atoms with Crippen molar-refractivity contribution < 1.29 is 17.9 Å². The number of nitrogens with two attached hydrogens (primary N) is 1. The summed E-state index contributed by atoms with van der Waals surface area (Å²) in [7, 11) is 0. The Morgan fingerprint density at radius 2 is 2.04 bits per heavy atom. The van der Waals surface area contributed by atoms with Crippen molar-refractivity contribution in [3.8, 4) is 5.75 Å². The number of thiocarbonyl (C=S) groups is 1. The number of hydrogen-bond acceptors (Lipinski definition) is 3. The fourth-order valence-electron chi connectivity index (χ4n) is 2.69. The summed E-state index contributed by atoms with van der Waals surface area (Å²) in [5, 5.41) is 1.78. The minimum absolute atomic E-state index is 0.0973. The van der Waals surface area contributed by atoms with Crippen molar-refractivity contribution in [3.63, 3.8) is 0 Å². The molecule has 1 atom stereocenters. The lowest BCUT2D eigenvalue weighted by Crippen LogP contribution is -2.67. The largest absolute Gasteiger partial charge is 0.494 e. The maximum atomic E-state index is 13.8. The van der Waals surface area contributed by atoms with E-state index >= 15 is 0 Å². The van der Waals surface area contributed by atoms with Gasteiger partial charge in [-0.25, -0.2) is 0 Å². The molecule has 0 fully saturated rings. The molecule has 1 aromatic carbocycles. The Morgan fingerprint density at radius 3 is 2.68 bits per heavy atom. The fourth-order valence-corrected chi connectivity index (χ4v) is 2.85. The molecule has 1 heterocycles. The molecular formula is C17H20F3N3OS. The van der Waals surface area contributed by atoms with Crippen LogP contribution in [0.3, 0.4) is 0 Å². The fraction of sp³-hybridized carbons (Fsp3) is 0.353. The Hall–Kier alpha value is -2.22. The van der Waals surface area contributed by atoms with Crippen LogP contribution in [0.1, 0.15) is 12.5 Å². The van der Waals surface area contributed by atoms with Gasteiger partial charge in [0, 0.05) is 12.7 Å². The molecule has 1 aliphatic heterocycles. The van der Waals surface area contributed by atoms with Crippen LogP contribution >= 0.6 is 12.2 Å². The predicted octanol–water partition coefficient (Wildman–Crippen LogP) is 3.11. The van der Waals surface area contributed by atoms with Crippen LogP contribution in [-0.4, -0.2) is 35.0 Å². The zero-order valence-corrected chi connectivity index (χ0v) is 14.5. The van der Waals surface area contributed by atoms with Crippen molar-refractivity contribution in [3.05, 3.63) is 54.3 Å². The first-order valence-electron chi connectivity index (χ1n) is 7.78. The molecule has 0 spiro atoms. The van der Waals surface area contributed by atoms with Gasteiger partial charge in [0.15, 0.2) is 5.11 Å². The van der Waals surface area contributed by atoms with Crippen LogP contribution in [0.25, 0.3) is 0 Å². The average Bonchev–Trinajstić information content (AvgIpc) is 2.54. The Bertz CT molecular complexity index is 675. The molecule has 25 heavy (non-hydrogen) atoms. The SMILES string of the molecule is CCOc1ccccc1CCN1C=CC=CC1(NC(N)=S)C(F)(F)F. The van der Waals surface area contributed by atoms with Crippen LogP contribution in [0.2, 0.25) is 0 Å². The summed E-state index contributed by atoms with van der Waals surface area (Å²) >= 11 is 4.66.